The topological polar surface area (TPSA) is 58.4 Å². The SMILES string of the molecule is Cl.Cl.O=[N+]([O-])c1ccc(F)cc1[C@H](CC1CC1)N1CCNCC1. The average Bonchev–Trinajstić information content (AvgIpc) is 3.29. The average molecular weight is 366 g/mol. The van der Waals surface area contributed by atoms with Gasteiger partial charge in [0, 0.05) is 43.9 Å². The largest absolute Gasteiger partial charge is 0.314 e. The van der Waals surface area contributed by atoms with Gasteiger partial charge in [0.25, 0.3) is 5.69 Å². The van der Waals surface area contributed by atoms with Crippen molar-refractivity contribution in [1.29, 1.82) is 0 Å². The second-order valence-corrected chi connectivity index (χ2v) is 5.94. The lowest BCUT2D eigenvalue weighted by Gasteiger charge is -2.35. The third kappa shape index (κ3) is 5.01. The van der Waals surface area contributed by atoms with Crippen molar-refractivity contribution in [3.63, 3.8) is 0 Å². The molecule has 0 radical (unpaired) electrons. The van der Waals surface area contributed by atoms with Crippen molar-refractivity contribution in [2.45, 2.75) is 25.3 Å². The second kappa shape index (κ2) is 8.78. The van der Waals surface area contributed by atoms with Crippen LogP contribution in [0.5, 0.6) is 0 Å². The molecule has 2 fully saturated rings. The maximum atomic E-state index is 13.6. The van der Waals surface area contributed by atoms with Gasteiger partial charge in [-0.1, -0.05) is 12.8 Å². The molecular weight excluding hydrogens is 344 g/mol. The highest BCUT2D eigenvalue weighted by Crippen LogP contribution is 2.42. The van der Waals surface area contributed by atoms with E-state index in [9.17, 15) is 14.5 Å². The molecule has 1 saturated carbocycles. The van der Waals surface area contributed by atoms with Crippen molar-refractivity contribution in [3.05, 3.63) is 39.7 Å². The van der Waals surface area contributed by atoms with Crippen LogP contribution in [0.2, 0.25) is 0 Å². The van der Waals surface area contributed by atoms with Gasteiger partial charge in [0.1, 0.15) is 5.82 Å². The number of benzene rings is 1. The number of nitrogens with one attached hydrogen (secondary N) is 1. The zero-order chi connectivity index (χ0) is 14.8. The van der Waals surface area contributed by atoms with Gasteiger partial charge in [0.15, 0.2) is 0 Å². The Morgan fingerprint density at radius 3 is 2.52 bits per heavy atom. The third-order valence-corrected chi connectivity index (χ3v) is 4.39. The van der Waals surface area contributed by atoms with Crippen molar-refractivity contribution in [3.8, 4) is 0 Å². The number of hydrogen-bond acceptors (Lipinski definition) is 4. The molecule has 2 aliphatic rings. The fraction of sp³-hybridized carbons (Fsp3) is 0.600. The zero-order valence-corrected chi connectivity index (χ0v) is 14.4. The van der Waals surface area contributed by atoms with Gasteiger partial charge in [-0.25, -0.2) is 4.39 Å². The van der Waals surface area contributed by atoms with Crippen LogP contribution < -0.4 is 5.32 Å². The number of hydrogen-bond donors (Lipinski definition) is 1. The van der Waals surface area contributed by atoms with Crippen LogP contribution >= 0.6 is 24.8 Å². The van der Waals surface area contributed by atoms with E-state index < -0.39 is 10.7 Å². The lowest BCUT2D eigenvalue weighted by molar-refractivity contribution is -0.386. The van der Waals surface area contributed by atoms with E-state index in [1.807, 2.05) is 0 Å². The van der Waals surface area contributed by atoms with E-state index >= 15 is 0 Å². The van der Waals surface area contributed by atoms with E-state index in [1.165, 1.54) is 31.0 Å². The number of rotatable bonds is 5. The molecule has 5 nitrogen and oxygen atoms in total. The molecule has 1 aliphatic carbocycles. The first kappa shape index (κ1) is 20.1. The van der Waals surface area contributed by atoms with Crippen LogP contribution in [0.4, 0.5) is 10.1 Å². The smallest absolute Gasteiger partial charge is 0.274 e. The minimum absolute atomic E-state index is 0. The monoisotopic (exact) mass is 365 g/mol. The quantitative estimate of drug-likeness (QED) is 0.642. The number of nitro groups is 1. The molecule has 1 aliphatic heterocycles. The van der Waals surface area contributed by atoms with Gasteiger partial charge in [0.2, 0.25) is 0 Å². The fourth-order valence-corrected chi connectivity index (χ4v) is 3.09. The van der Waals surface area contributed by atoms with Crippen molar-refractivity contribution in [2.24, 2.45) is 5.92 Å². The summed E-state index contributed by atoms with van der Waals surface area (Å²) in [6.45, 7) is 3.46. The Bertz CT molecular complexity index is 537. The van der Waals surface area contributed by atoms with E-state index in [0.29, 0.717) is 11.5 Å². The summed E-state index contributed by atoms with van der Waals surface area (Å²) in [4.78, 5) is 13.1. The first-order chi connectivity index (χ1) is 10.1. The highest BCUT2D eigenvalue weighted by molar-refractivity contribution is 5.85. The van der Waals surface area contributed by atoms with Gasteiger partial charge < -0.3 is 5.32 Å². The summed E-state index contributed by atoms with van der Waals surface area (Å²) in [5.41, 5.74) is 0.578. The van der Waals surface area contributed by atoms with E-state index in [1.54, 1.807) is 0 Å². The molecule has 0 unspecified atom stereocenters. The summed E-state index contributed by atoms with van der Waals surface area (Å²) in [6, 6.07) is 3.78. The first-order valence-electron chi connectivity index (χ1n) is 7.54. The van der Waals surface area contributed by atoms with E-state index in [-0.39, 0.29) is 36.5 Å². The number of nitro benzene ring substituents is 1. The standard InChI is InChI=1S/C15H20FN3O2.2ClH/c16-12-3-4-14(19(20)21)13(10-12)15(9-11-1-2-11)18-7-5-17-6-8-18;;/h3-4,10-11,15,17H,1-2,5-9H2;2*1H/t15-;;/m0../s1. The number of nitrogens with zero attached hydrogens (tertiary/aromatic N) is 2. The van der Waals surface area contributed by atoms with Gasteiger partial charge in [-0.2, -0.15) is 0 Å². The van der Waals surface area contributed by atoms with Crippen LogP contribution in [0.1, 0.15) is 30.9 Å². The molecule has 1 aromatic carbocycles. The van der Waals surface area contributed by atoms with E-state index in [2.05, 4.69) is 10.2 Å². The Morgan fingerprint density at radius 2 is 1.96 bits per heavy atom. The zero-order valence-electron chi connectivity index (χ0n) is 12.7. The van der Waals surface area contributed by atoms with Gasteiger partial charge in [-0.15, -0.1) is 24.8 Å². The van der Waals surface area contributed by atoms with Crippen molar-refractivity contribution in [1.82, 2.24) is 10.2 Å². The summed E-state index contributed by atoms with van der Waals surface area (Å²) in [6.07, 6.45) is 3.27. The Hall–Kier alpha value is -0.950. The van der Waals surface area contributed by atoms with Crippen LogP contribution in [-0.4, -0.2) is 36.0 Å². The molecule has 0 aromatic heterocycles. The molecule has 0 bridgehead atoms. The molecule has 23 heavy (non-hydrogen) atoms. The molecule has 130 valence electrons. The maximum Gasteiger partial charge on any atom is 0.274 e. The molecule has 0 amide bonds. The Morgan fingerprint density at radius 1 is 1.30 bits per heavy atom. The van der Waals surface area contributed by atoms with Crippen molar-refractivity contribution < 1.29 is 9.31 Å². The van der Waals surface area contributed by atoms with Crippen LogP contribution in [0.3, 0.4) is 0 Å². The first-order valence-corrected chi connectivity index (χ1v) is 7.54. The number of piperazine rings is 1. The molecule has 1 aromatic rings. The van der Waals surface area contributed by atoms with Gasteiger partial charge >= 0.3 is 0 Å². The molecule has 1 atom stereocenters. The number of halogens is 3. The minimum Gasteiger partial charge on any atom is -0.314 e. The predicted molar refractivity (Wildman–Crippen MR) is 92.1 cm³/mol. The molecule has 1 N–H and O–H groups in total. The van der Waals surface area contributed by atoms with E-state index in [4.69, 9.17) is 0 Å². The molecular formula is C15H22Cl2FN3O2. The minimum atomic E-state index is -0.397. The van der Waals surface area contributed by atoms with Gasteiger partial charge in [-0.05, 0) is 24.5 Å². The highest BCUT2D eigenvalue weighted by atomic mass is 35.5. The summed E-state index contributed by atoms with van der Waals surface area (Å²) in [5, 5.41) is 14.6. The Balaban J connectivity index is 0.00000132. The predicted octanol–water partition coefficient (Wildman–Crippen LogP) is 3.32. The van der Waals surface area contributed by atoms with Gasteiger partial charge in [0.05, 0.1) is 4.92 Å². The molecule has 8 heteroatoms. The van der Waals surface area contributed by atoms with Crippen molar-refractivity contribution in [2.75, 3.05) is 26.2 Å². The third-order valence-electron chi connectivity index (χ3n) is 4.39. The summed E-state index contributed by atoms with van der Waals surface area (Å²) in [5.74, 6) is 0.235. The summed E-state index contributed by atoms with van der Waals surface area (Å²) in [7, 11) is 0. The molecule has 0 spiro atoms. The lowest BCUT2D eigenvalue weighted by atomic mass is 9.97. The van der Waals surface area contributed by atoms with Crippen LogP contribution in [0.25, 0.3) is 0 Å². The van der Waals surface area contributed by atoms with Gasteiger partial charge in [-0.3, -0.25) is 15.0 Å². The van der Waals surface area contributed by atoms with E-state index in [0.717, 1.165) is 32.6 Å². The molecule has 1 heterocycles. The lowest BCUT2D eigenvalue weighted by Crippen LogP contribution is -2.45. The second-order valence-electron chi connectivity index (χ2n) is 5.94. The summed E-state index contributed by atoms with van der Waals surface area (Å²) >= 11 is 0. The highest BCUT2D eigenvalue weighted by Gasteiger charge is 2.34. The van der Waals surface area contributed by atoms with Crippen molar-refractivity contribution >= 4 is 30.5 Å². The maximum absolute atomic E-state index is 13.6. The normalized spacial score (nSPS) is 19.3. The van der Waals surface area contributed by atoms with Crippen LogP contribution in [0.15, 0.2) is 18.2 Å². The van der Waals surface area contributed by atoms with Crippen LogP contribution in [0, 0.1) is 21.8 Å². The van der Waals surface area contributed by atoms with Crippen LogP contribution in [-0.2, 0) is 0 Å². The molecule has 3 rings (SSSR count). The fourth-order valence-electron chi connectivity index (χ4n) is 3.09. The molecule has 1 saturated heterocycles. The Kier molecular flexibility index (Phi) is 7.67. The Labute approximate surface area is 147 Å². The summed E-state index contributed by atoms with van der Waals surface area (Å²) < 4.78 is 13.6.